The van der Waals surface area contributed by atoms with Crippen molar-refractivity contribution in [3.05, 3.63) is 30.1 Å². The van der Waals surface area contributed by atoms with Crippen LogP contribution < -0.4 is 5.09 Å². The number of hydrogen-bond acceptors (Lipinski definition) is 10. The van der Waals surface area contributed by atoms with Gasteiger partial charge >= 0.3 is 20.1 Å². The third kappa shape index (κ3) is 5.73. The molecule has 6 atom stereocenters. The van der Waals surface area contributed by atoms with Gasteiger partial charge < -0.3 is 24.4 Å². The normalized spacial score (nSPS) is 26.3. The van der Waals surface area contributed by atoms with Gasteiger partial charge in [-0.2, -0.15) is 0 Å². The molecule has 1 aromatic heterocycles. The minimum Gasteiger partial charge on any atom is -0.468 e. The maximum absolute atomic E-state index is 12.0. The Morgan fingerprint density at radius 1 is 1.41 bits per heavy atom. The van der Waals surface area contributed by atoms with E-state index < -0.39 is 50.8 Å². The van der Waals surface area contributed by atoms with Gasteiger partial charge in [0.25, 0.3) is 0 Å². The number of nitrogens with zero attached hydrogens (tertiary/aromatic N) is 1. The molecule has 2 heterocycles. The summed E-state index contributed by atoms with van der Waals surface area (Å²) in [5, 5.41) is 22.3. The molecule has 1 aliphatic heterocycles. The lowest BCUT2D eigenvalue weighted by atomic mass is 10.1. The zero-order chi connectivity index (χ0) is 20.0. The quantitative estimate of drug-likeness (QED) is 0.380. The zero-order valence-electron chi connectivity index (χ0n) is 14.5. The third-order valence-electron chi connectivity index (χ3n) is 3.65. The second kappa shape index (κ2) is 9.79. The van der Waals surface area contributed by atoms with Crippen LogP contribution in [0.3, 0.4) is 0 Å². The van der Waals surface area contributed by atoms with E-state index in [0.717, 1.165) is 0 Å². The minimum atomic E-state index is -2.46. The van der Waals surface area contributed by atoms with Gasteiger partial charge in [-0.25, -0.2) is 4.79 Å². The van der Waals surface area contributed by atoms with Crippen molar-refractivity contribution in [2.45, 2.75) is 37.6 Å². The predicted molar refractivity (Wildman–Crippen MR) is 88.5 cm³/mol. The Morgan fingerprint density at radius 2 is 2.15 bits per heavy atom. The summed E-state index contributed by atoms with van der Waals surface area (Å²) in [5.74, 6) is -1.42. The molecule has 27 heavy (non-hydrogen) atoms. The molecular weight excluding hydrogens is 383 g/mol. The number of nitrogens with one attached hydrogen (secondary N) is 1. The Balaban J connectivity index is 1.84. The number of aromatic nitrogens is 1. The first-order chi connectivity index (χ1) is 12.8. The molecule has 3 unspecified atom stereocenters. The summed E-state index contributed by atoms with van der Waals surface area (Å²) in [6, 6.07) is 2.13. The van der Waals surface area contributed by atoms with Gasteiger partial charge in [-0.3, -0.25) is 9.78 Å². The van der Waals surface area contributed by atoms with E-state index in [0.29, 0.717) is 0 Å². The van der Waals surface area contributed by atoms with Crippen LogP contribution in [0.5, 0.6) is 0 Å². The second-order valence-corrected chi connectivity index (χ2v) is 6.63. The highest BCUT2D eigenvalue weighted by Gasteiger charge is 2.46. The fourth-order valence-corrected chi connectivity index (χ4v) is 2.95. The molecule has 0 saturated carbocycles. The molecule has 0 bridgehead atoms. The minimum absolute atomic E-state index is 0.145. The van der Waals surface area contributed by atoms with E-state index in [1.807, 2.05) is 0 Å². The maximum atomic E-state index is 12.0. The van der Waals surface area contributed by atoms with Crippen molar-refractivity contribution in [1.82, 2.24) is 10.1 Å². The average Bonchev–Trinajstić information content (AvgIpc) is 2.94. The van der Waals surface area contributed by atoms with Crippen molar-refractivity contribution >= 4 is 20.1 Å². The summed E-state index contributed by atoms with van der Waals surface area (Å²) in [6.07, 6.45) is -2.72. The second-order valence-electron chi connectivity index (χ2n) is 5.60. The summed E-state index contributed by atoms with van der Waals surface area (Å²) in [7, 11) is -1.28. The topological polar surface area (TPSA) is 154 Å². The number of esters is 2. The van der Waals surface area contributed by atoms with Gasteiger partial charge in [-0.1, -0.05) is 5.09 Å². The smallest absolute Gasteiger partial charge is 0.468 e. The van der Waals surface area contributed by atoms with Crippen molar-refractivity contribution in [3.63, 3.8) is 0 Å². The molecule has 0 spiro atoms. The van der Waals surface area contributed by atoms with Gasteiger partial charge in [-0.15, -0.1) is 4.52 Å². The first-order valence-electron chi connectivity index (χ1n) is 7.90. The van der Waals surface area contributed by atoms with Crippen LogP contribution in [0, 0.1) is 0 Å². The number of aliphatic hydroxyl groups is 2. The molecular formula is C15H20N2O9P+. The number of rotatable bonds is 8. The number of methoxy groups -OCH3 is 1. The number of pyridine rings is 1. The number of aliphatic hydroxyl groups excluding tert-OH is 2. The van der Waals surface area contributed by atoms with E-state index in [-0.39, 0.29) is 12.2 Å². The van der Waals surface area contributed by atoms with Gasteiger partial charge in [0, 0.05) is 12.4 Å². The molecule has 0 amide bonds. The number of carbonyl (C=O) groups excluding carboxylic acids is 2. The van der Waals surface area contributed by atoms with E-state index in [4.69, 9.17) is 14.0 Å². The average molecular weight is 403 g/mol. The lowest BCUT2D eigenvalue weighted by molar-refractivity contribution is -0.142. The molecule has 11 nitrogen and oxygen atoms in total. The van der Waals surface area contributed by atoms with Gasteiger partial charge in [0.2, 0.25) is 6.29 Å². The van der Waals surface area contributed by atoms with Crippen molar-refractivity contribution in [2.24, 2.45) is 0 Å². The lowest BCUT2D eigenvalue weighted by Gasteiger charge is -2.15. The molecule has 3 N–H and O–H groups in total. The van der Waals surface area contributed by atoms with Crippen LogP contribution in [0.2, 0.25) is 0 Å². The summed E-state index contributed by atoms with van der Waals surface area (Å²) in [6.45, 7) is 1.05. The highest BCUT2D eigenvalue weighted by atomic mass is 31.1. The van der Waals surface area contributed by atoms with Crippen molar-refractivity contribution in [2.75, 3.05) is 13.7 Å². The molecule has 1 aliphatic rings. The Morgan fingerprint density at radius 3 is 2.78 bits per heavy atom. The highest BCUT2D eigenvalue weighted by Crippen LogP contribution is 2.26. The van der Waals surface area contributed by atoms with E-state index in [1.165, 1.54) is 38.6 Å². The van der Waals surface area contributed by atoms with Crippen LogP contribution in [-0.2, 0) is 28.1 Å². The molecule has 12 heteroatoms. The summed E-state index contributed by atoms with van der Waals surface area (Å²) in [5.41, 5.74) is 0.145. The van der Waals surface area contributed by atoms with Crippen molar-refractivity contribution in [3.8, 4) is 0 Å². The first-order valence-corrected chi connectivity index (χ1v) is 9.08. The van der Waals surface area contributed by atoms with E-state index in [2.05, 4.69) is 14.8 Å². The molecule has 2 rings (SSSR count). The fraction of sp³-hybridized carbons (Fsp3) is 0.533. The Labute approximate surface area is 155 Å². The highest BCUT2D eigenvalue weighted by molar-refractivity contribution is 7.36. The first kappa shape index (κ1) is 21.3. The van der Waals surface area contributed by atoms with Gasteiger partial charge in [-0.05, 0) is 23.6 Å². The monoisotopic (exact) mass is 403 g/mol. The molecule has 1 aromatic rings. The third-order valence-corrected chi connectivity index (χ3v) is 4.63. The van der Waals surface area contributed by atoms with E-state index in [1.54, 1.807) is 0 Å². The molecule has 0 aromatic carbocycles. The number of hydrogen-bond donors (Lipinski definition) is 3. The SMILES string of the molecule is COC(=O)C(C)N[P+](=O)OC[C@H]1OC(OC(=O)c2cccnc2)[C@H](O)[C@@H]1O. The van der Waals surface area contributed by atoms with Crippen LogP contribution >= 0.6 is 8.18 Å². The lowest BCUT2D eigenvalue weighted by Crippen LogP contribution is -2.36. The Kier molecular flexibility index (Phi) is 7.72. The molecule has 1 saturated heterocycles. The van der Waals surface area contributed by atoms with E-state index >= 15 is 0 Å². The Hall–Kier alpha value is -2.01. The van der Waals surface area contributed by atoms with Crippen LogP contribution in [0.1, 0.15) is 17.3 Å². The van der Waals surface area contributed by atoms with Crippen molar-refractivity contribution < 1.29 is 43.1 Å². The largest absolute Gasteiger partial charge is 0.613 e. The predicted octanol–water partition coefficient (Wildman–Crippen LogP) is -0.490. The van der Waals surface area contributed by atoms with E-state index in [9.17, 15) is 24.4 Å². The van der Waals surface area contributed by atoms with Crippen molar-refractivity contribution in [1.29, 1.82) is 0 Å². The maximum Gasteiger partial charge on any atom is 0.613 e. The standard InChI is InChI=1S/C15H20N2O9P/c1-8(13(20)23-2)17-27(22)24-7-10-11(18)12(19)15(25-10)26-14(21)9-4-3-5-16-6-9/h3-6,8,10-12,15,18-19H,7H2,1-2H3,(H,17,22)/q+1/t8?,10-,11-,12-,15?/m1/s1. The van der Waals surface area contributed by atoms with Gasteiger partial charge in [0.05, 0.1) is 12.7 Å². The Bertz CT molecular complexity index is 675. The van der Waals surface area contributed by atoms with Crippen LogP contribution in [-0.4, -0.2) is 71.5 Å². The summed E-state index contributed by atoms with van der Waals surface area (Å²) < 4.78 is 31.5. The van der Waals surface area contributed by atoms with Gasteiger partial charge in [0.15, 0.2) is 0 Å². The molecule has 1 fully saturated rings. The zero-order valence-corrected chi connectivity index (χ0v) is 15.4. The van der Waals surface area contributed by atoms with Gasteiger partial charge in [0.1, 0.15) is 31.0 Å². The molecule has 0 aliphatic carbocycles. The number of ether oxygens (including phenoxy) is 3. The van der Waals surface area contributed by atoms with Crippen LogP contribution in [0.15, 0.2) is 24.5 Å². The van der Waals surface area contributed by atoms with Crippen LogP contribution in [0.4, 0.5) is 0 Å². The molecule has 0 radical (unpaired) electrons. The summed E-state index contributed by atoms with van der Waals surface area (Å²) in [4.78, 5) is 27.0. The number of carbonyl (C=O) groups is 2. The summed E-state index contributed by atoms with van der Waals surface area (Å²) >= 11 is 0. The molecule has 148 valence electrons. The fourth-order valence-electron chi connectivity index (χ4n) is 2.17. The van der Waals surface area contributed by atoms with Crippen LogP contribution in [0.25, 0.3) is 0 Å².